The van der Waals surface area contributed by atoms with Crippen molar-refractivity contribution in [3.63, 3.8) is 0 Å². The van der Waals surface area contributed by atoms with Crippen LogP contribution in [0.2, 0.25) is 40.2 Å². The van der Waals surface area contributed by atoms with Gasteiger partial charge in [-0.2, -0.15) is 20.5 Å². The molecule has 0 heterocycles. The zero-order valence-electron chi connectivity index (χ0n) is 34.8. The molecule has 5 rings (SSSR count). The Balaban J connectivity index is 1.32. The van der Waals surface area contributed by atoms with E-state index in [0.29, 0.717) is 29.7 Å². The topological polar surface area (TPSA) is 200 Å². The van der Waals surface area contributed by atoms with Crippen molar-refractivity contribution in [1.29, 1.82) is 0 Å². The van der Waals surface area contributed by atoms with Gasteiger partial charge in [-0.1, -0.05) is 107 Å². The third kappa shape index (κ3) is 13.5. The van der Waals surface area contributed by atoms with Gasteiger partial charge < -0.3 is 21.3 Å². The van der Waals surface area contributed by atoms with Gasteiger partial charge in [-0.25, -0.2) is 0 Å². The van der Waals surface area contributed by atoms with E-state index >= 15 is 0 Å². The van der Waals surface area contributed by atoms with Crippen molar-refractivity contribution in [1.82, 2.24) is 0 Å². The molecular formula is C44H34Cl8N8O6. The molecule has 4 amide bonds. The van der Waals surface area contributed by atoms with Crippen LogP contribution in [-0.4, -0.2) is 47.3 Å². The van der Waals surface area contributed by atoms with E-state index in [1.54, 1.807) is 12.1 Å². The molecule has 5 aromatic rings. The van der Waals surface area contributed by atoms with Crippen molar-refractivity contribution in [2.45, 2.75) is 52.6 Å². The number of nitrogens with zero attached hydrogens (tertiary/aromatic N) is 4. The number of nitrogens with one attached hydrogen (secondary N) is 4. The average molecular weight is 1050 g/mol. The molecule has 0 saturated carbocycles. The number of hydrogen-bond acceptors (Lipinski definition) is 10. The summed E-state index contributed by atoms with van der Waals surface area (Å²) in [5.74, 6) is -4.22. The number of aryl methyl sites for hydroxylation is 2. The number of halogens is 8. The Labute approximate surface area is 417 Å². The molecular weight excluding hydrogens is 1020 g/mol. The lowest BCUT2D eigenvalue weighted by Crippen LogP contribution is -2.33. The summed E-state index contributed by atoms with van der Waals surface area (Å²) in [6.45, 7) is 5.95. The molecule has 2 unspecified atom stereocenters. The highest BCUT2D eigenvalue weighted by Crippen LogP contribution is 2.36. The van der Waals surface area contributed by atoms with E-state index in [2.05, 4.69) is 41.7 Å². The number of anilines is 4. The zero-order chi connectivity index (χ0) is 48.6. The summed E-state index contributed by atoms with van der Waals surface area (Å²) in [6, 6.07) is 13.7. The monoisotopic (exact) mass is 1050 g/mol. The van der Waals surface area contributed by atoms with Crippen molar-refractivity contribution < 1.29 is 28.8 Å². The molecule has 66 heavy (non-hydrogen) atoms. The second-order valence-electron chi connectivity index (χ2n) is 14.1. The molecule has 0 fully saturated rings. The Kier molecular flexibility index (Phi) is 18.1. The summed E-state index contributed by atoms with van der Waals surface area (Å²) < 4.78 is 0. The van der Waals surface area contributed by atoms with Crippen LogP contribution in [0, 0.1) is 0 Å². The third-order valence-electron chi connectivity index (χ3n) is 9.20. The summed E-state index contributed by atoms with van der Waals surface area (Å²) in [5, 5.41) is 27.9. The van der Waals surface area contributed by atoms with E-state index < -0.39 is 47.3 Å². The maximum Gasteiger partial charge on any atom is 0.258 e. The number of azo groups is 2. The Hall–Kier alpha value is -5.16. The van der Waals surface area contributed by atoms with Gasteiger partial charge in [-0.15, -0.1) is 0 Å². The average Bonchev–Trinajstić information content (AvgIpc) is 3.23. The highest BCUT2D eigenvalue weighted by atomic mass is 35.5. The van der Waals surface area contributed by atoms with Crippen LogP contribution in [0.3, 0.4) is 0 Å². The largest absolute Gasteiger partial charge is 0.324 e. The van der Waals surface area contributed by atoms with Crippen LogP contribution >= 0.6 is 92.8 Å². The number of Topliss-reactive ketones (excluding diaryl/α,β-unsaturated/α-hetero) is 2. The van der Waals surface area contributed by atoms with Crippen LogP contribution in [0.5, 0.6) is 0 Å². The molecule has 0 bridgehead atoms. The van der Waals surface area contributed by atoms with Gasteiger partial charge in [0.1, 0.15) is 0 Å². The van der Waals surface area contributed by atoms with Gasteiger partial charge in [0.2, 0.25) is 12.1 Å². The molecule has 2 atom stereocenters. The zero-order valence-corrected chi connectivity index (χ0v) is 40.8. The van der Waals surface area contributed by atoms with E-state index in [-0.39, 0.29) is 79.7 Å². The molecule has 0 saturated heterocycles. The summed E-state index contributed by atoms with van der Waals surface area (Å²) in [4.78, 5) is 79.0. The Morgan fingerprint density at radius 2 is 0.803 bits per heavy atom. The molecule has 4 N–H and O–H groups in total. The van der Waals surface area contributed by atoms with Crippen LogP contribution < -0.4 is 21.3 Å². The van der Waals surface area contributed by atoms with Crippen molar-refractivity contribution in [2.75, 3.05) is 21.3 Å². The summed E-state index contributed by atoms with van der Waals surface area (Å²) in [6.07, 6.45) is 0.713. The van der Waals surface area contributed by atoms with Crippen LogP contribution in [-0.2, 0) is 32.0 Å². The highest BCUT2D eigenvalue weighted by Gasteiger charge is 2.27. The molecule has 0 aliphatic carbocycles. The normalized spacial score (nSPS) is 12.2. The Morgan fingerprint density at radius 1 is 0.455 bits per heavy atom. The van der Waals surface area contributed by atoms with Crippen molar-refractivity contribution >= 4 is 162 Å². The summed E-state index contributed by atoms with van der Waals surface area (Å²) in [7, 11) is 0. The fraction of sp³-hybridized carbons (Fsp3) is 0.182. The second-order valence-corrected chi connectivity index (χ2v) is 17.5. The van der Waals surface area contributed by atoms with E-state index in [4.69, 9.17) is 92.8 Å². The quantitative estimate of drug-likeness (QED) is 0.0559. The predicted molar refractivity (Wildman–Crippen MR) is 262 cm³/mol. The predicted octanol–water partition coefficient (Wildman–Crippen LogP) is 13.9. The smallest absolute Gasteiger partial charge is 0.258 e. The standard InChI is InChI=1S/C44H34Cl8N8O6/c1-5-21-9-29(53-43(65)36(19(3)61)59-57-30-11-23(7-25(45)13-30)41(63)55-39-32(49)15-27(47)16-33(39)50)10-22(6-2)38(21)54-44(66)37(20(4)62)60-58-31-12-24(8-26(46)14-31)42(64)56-40-34(51)17-28(48)18-35(40)52/h7-18,36-37H,5-6H2,1-4H3,(H,53,65)(H,54,66)(H,55,63)(H,56,64). The number of hydrogen-bond donors (Lipinski definition) is 4. The molecule has 0 aliphatic heterocycles. The molecule has 14 nitrogen and oxygen atoms in total. The van der Waals surface area contributed by atoms with Gasteiger partial charge in [-0.05, 0) is 111 Å². The fourth-order valence-electron chi connectivity index (χ4n) is 6.07. The summed E-state index contributed by atoms with van der Waals surface area (Å²) >= 11 is 49.4. The summed E-state index contributed by atoms with van der Waals surface area (Å²) in [5.41, 5.74) is 2.19. The molecule has 0 spiro atoms. The highest BCUT2D eigenvalue weighted by molar-refractivity contribution is 6.43. The van der Waals surface area contributed by atoms with Gasteiger partial charge >= 0.3 is 0 Å². The van der Waals surface area contributed by atoms with E-state index in [1.807, 2.05) is 13.8 Å². The molecule has 0 aliphatic rings. The van der Waals surface area contributed by atoms with Crippen molar-refractivity contribution in [2.24, 2.45) is 20.5 Å². The van der Waals surface area contributed by atoms with Crippen molar-refractivity contribution in [3.05, 3.63) is 135 Å². The van der Waals surface area contributed by atoms with Gasteiger partial charge in [0.25, 0.3) is 23.6 Å². The molecule has 342 valence electrons. The molecule has 22 heteroatoms. The SMILES string of the molecule is CCc1cc(NC(=O)C(N=Nc2cc(Cl)cc(C(=O)Nc3c(Cl)cc(Cl)cc3Cl)c2)C(C)=O)cc(CC)c1NC(=O)C(N=Nc1cc(Cl)cc(C(=O)Nc2c(Cl)cc(Cl)cc2Cl)c1)C(C)=O. The minimum absolute atomic E-state index is 0.0384. The van der Waals surface area contributed by atoms with Gasteiger partial charge in [-0.3, -0.25) is 28.8 Å². The lowest BCUT2D eigenvalue weighted by molar-refractivity contribution is -0.127. The number of ketones is 2. The number of carbonyl (C=O) groups excluding carboxylic acids is 6. The maximum atomic E-state index is 13.7. The van der Waals surface area contributed by atoms with Gasteiger partial charge in [0, 0.05) is 42.6 Å². The number of carbonyl (C=O) groups is 6. The number of amides is 4. The van der Waals surface area contributed by atoms with Crippen LogP contribution in [0.25, 0.3) is 0 Å². The maximum absolute atomic E-state index is 13.7. The Morgan fingerprint density at radius 3 is 1.15 bits per heavy atom. The minimum atomic E-state index is -1.62. The van der Waals surface area contributed by atoms with Gasteiger partial charge in [0.05, 0.1) is 42.8 Å². The van der Waals surface area contributed by atoms with E-state index in [9.17, 15) is 28.8 Å². The third-order valence-corrected chi connectivity index (χ3v) is 11.3. The van der Waals surface area contributed by atoms with E-state index in [1.165, 1.54) is 67.6 Å². The first kappa shape index (κ1) is 51.8. The van der Waals surface area contributed by atoms with Gasteiger partial charge in [0.15, 0.2) is 11.6 Å². The molecule has 5 aromatic carbocycles. The first-order valence-corrected chi connectivity index (χ1v) is 22.3. The first-order valence-electron chi connectivity index (χ1n) is 19.3. The molecule has 0 radical (unpaired) electrons. The number of rotatable bonds is 16. The lowest BCUT2D eigenvalue weighted by atomic mass is 10.0. The van der Waals surface area contributed by atoms with Crippen LogP contribution in [0.15, 0.2) is 93.3 Å². The van der Waals surface area contributed by atoms with Crippen LogP contribution in [0.4, 0.5) is 34.1 Å². The fourth-order valence-corrected chi connectivity index (χ4v) is 8.35. The first-order chi connectivity index (χ1) is 31.2. The van der Waals surface area contributed by atoms with Crippen molar-refractivity contribution in [3.8, 4) is 0 Å². The minimum Gasteiger partial charge on any atom is -0.324 e. The van der Waals surface area contributed by atoms with Crippen LogP contribution in [0.1, 0.15) is 59.5 Å². The lowest BCUT2D eigenvalue weighted by Gasteiger charge is -2.19. The molecule has 0 aromatic heterocycles. The van der Waals surface area contributed by atoms with E-state index in [0.717, 1.165) is 6.92 Å². The Bertz CT molecular complexity index is 2790. The number of benzene rings is 5. The second kappa shape index (κ2) is 23.0.